The maximum Gasteiger partial charge on any atom is 0.331 e. The van der Waals surface area contributed by atoms with Crippen LogP contribution in [0.2, 0.25) is 0 Å². The highest BCUT2D eigenvalue weighted by Gasteiger charge is 2.41. The highest BCUT2D eigenvalue weighted by Crippen LogP contribution is 2.20. The summed E-state index contributed by atoms with van der Waals surface area (Å²) in [6.07, 6.45) is 2.84. The van der Waals surface area contributed by atoms with Crippen LogP contribution in [0.4, 0.5) is 0 Å². The third-order valence-electron chi connectivity index (χ3n) is 3.42. The lowest BCUT2D eigenvalue weighted by atomic mass is 9.91. The van der Waals surface area contributed by atoms with Crippen LogP contribution in [-0.2, 0) is 33.4 Å². The molecule has 0 fully saturated rings. The summed E-state index contributed by atoms with van der Waals surface area (Å²) in [4.78, 5) is 46.4. The summed E-state index contributed by atoms with van der Waals surface area (Å²) >= 11 is 0. The highest BCUT2D eigenvalue weighted by molar-refractivity contribution is 5.96. The predicted octanol–water partition coefficient (Wildman–Crippen LogP) is -2.15. The average molecular weight is 384 g/mol. The quantitative estimate of drug-likeness (QED) is 0.196. The van der Waals surface area contributed by atoms with E-state index in [0.29, 0.717) is 0 Å². The molecule has 0 bridgehead atoms. The number of amides is 1. The number of aliphatic hydroxyl groups excluding tert-OH is 2. The lowest BCUT2D eigenvalue weighted by Gasteiger charge is -2.27. The molecule has 0 radical (unpaired) electrons. The second-order valence-corrected chi connectivity index (χ2v) is 5.38. The molecular formula is C16H20N2O9. The fourth-order valence-electron chi connectivity index (χ4n) is 1.69. The van der Waals surface area contributed by atoms with E-state index in [0.717, 1.165) is 19.3 Å². The zero-order valence-corrected chi connectivity index (χ0v) is 14.5. The van der Waals surface area contributed by atoms with Gasteiger partial charge in [-0.3, -0.25) is 9.59 Å². The van der Waals surface area contributed by atoms with Crippen molar-refractivity contribution in [2.75, 3.05) is 33.5 Å². The summed E-state index contributed by atoms with van der Waals surface area (Å²) in [7, 11) is 1.12. The second-order valence-electron chi connectivity index (χ2n) is 5.38. The Bertz CT molecular complexity index is 677. The lowest BCUT2D eigenvalue weighted by molar-refractivity contribution is -0.168. The molecule has 0 aromatic carbocycles. The molecule has 0 spiro atoms. The standard InChI is InChI=1S/C16H20N2O9/c1-10-17-5-11(14(23)18-10)6-26-15(24)16(7-19,8-20)9-27-13(22)4-3-12(21)25-2/h3-5,17,19-20H,1,6-9H2,2H3,(H,18,23)/b4-3+. The summed E-state index contributed by atoms with van der Waals surface area (Å²) < 4.78 is 14.0. The molecule has 0 saturated carbocycles. The smallest absolute Gasteiger partial charge is 0.331 e. The number of aliphatic hydroxyl groups is 2. The number of nitrogens with one attached hydrogen (secondary N) is 2. The van der Waals surface area contributed by atoms with Crippen LogP contribution in [0.15, 0.2) is 36.3 Å². The Morgan fingerprint density at radius 2 is 1.81 bits per heavy atom. The van der Waals surface area contributed by atoms with Crippen LogP contribution in [0.3, 0.4) is 0 Å². The Morgan fingerprint density at radius 3 is 2.37 bits per heavy atom. The van der Waals surface area contributed by atoms with E-state index < -0.39 is 55.7 Å². The monoisotopic (exact) mass is 384 g/mol. The van der Waals surface area contributed by atoms with Gasteiger partial charge in [0, 0.05) is 18.4 Å². The summed E-state index contributed by atoms with van der Waals surface area (Å²) in [5.74, 6) is -3.17. The van der Waals surface area contributed by atoms with Crippen LogP contribution >= 0.6 is 0 Å². The van der Waals surface area contributed by atoms with Crippen molar-refractivity contribution in [3.05, 3.63) is 36.3 Å². The largest absolute Gasteiger partial charge is 0.466 e. The van der Waals surface area contributed by atoms with Gasteiger partial charge in [0.1, 0.15) is 24.4 Å². The number of rotatable bonds is 9. The Balaban J connectivity index is 2.69. The van der Waals surface area contributed by atoms with Crippen molar-refractivity contribution in [2.45, 2.75) is 0 Å². The van der Waals surface area contributed by atoms with E-state index in [1.54, 1.807) is 0 Å². The first kappa shape index (κ1) is 21.9. The van der Waals surface area contributed by atoms with E-state index in [2.05, 4.69) is 21.9 Å². The zero-order valence-electron chi connectivity index (χ0n) is 14.5. The molecule has 0 unspecified atom stereocenters. The molecule has 0 atom stereocenters. The first-order valence-corrected chi connectivity index (χ1v) is 7.55. The van der Waals surface area contributed by atoms with E-state index in [4.69, 9.17) is 9.47 Å². The van der Waals surface area contributed by atoms with Gasteiger partial charge in [-0.15, -0.1) is 0 Å². The Kier molecular flexibility index (Phi) is 8.17. The molecule has 0 saturated heterocycles. The Labute approximate surface area is 154 Å². The third-order valence-corrected chi connectivity index (χ3v) is 3.42. The molecule has 1 amide bonds. The topological polar surface area (TPSA) is 160 Å². The van der Waals surface area contributed by atoms with Crippen molar-refractivity contribution in [1.29, 1.82) is 0 Å². The number of hydrogen-bond donors (Lipinski definition) is 4. The number of hydrogen-bond acceptors (Lipinski definition) is 10. The number of methoxy groups -OCH3 is 1. The summed E-state index contributed by atoms with van der Waals surface area (Å²) in [6, 6.07) is 0. The van der Waals surface area contributed by atoms with Gasteiger partial charge in [-0.25, -0.2) is 9.59 Å². The van der Waals surface area contributed by atoms with E-state index in [-0.39, 0.29) is 11.4 Å². The van der Waals surface area contributed by atoms with Crippen LogP contribution < -0.4 is 10.6 Å². The van der Waals surface area contributed by atoms with E-state index >= 15 is 0 Å². The summed E-state index contributed by atoms with van der Waals surface area (Å²) in [6.45, 7) is 0.529. The number of carbonyl (C=O) groups excluding carboxylic acids is 4. The van der Waals surface area contributed by atoms with Gasteiger partial charge < -0.3 is 35.1 Å². The molecule has 1 aliphatic heterocycles. The first-order chi connectivity index (χ1) is 12.8. The van der Waals surface area contributed by atoms with Gasteiger partial charge in [-0.2, -0.15) is 0 Å². The van der Waals surface area contributed by atoms with Crippen molar-refractivity contribution in [2.24, 2.45) is 5.41 Å². The zero-order chi connectivity index (χ0) is 20.4. The predicted molar refractivity (Wildman–Crippen MR) is 88.2 cm³/mol. The van der Waals surface area contributed by atoms with Gasteiger partial charge in [-0.05, 0) is 0 Å². The minimum atomic E-state index is -1.95. The van der Waals surface area contributed by atoms with Gasteiger partial charge >= 0.3 is 17.9 Å². The summed E-state index contributed by atoms with van der Waals surface area (Å²) in [5, 5.41) is 24.0. The molecule has 4 N–H and O–H groups in total. The van der Waals surface area contributed by atoms with E-state index in [1.807, 2.05) is 0 Å². The van der Waals surface area contributed by atoms with Crippen molar-refractivity contribution in [3.8, 4) is 0 Å². The van der Waals surface area contributed by atoms with Gasteiger partial charge in [0.15, 0.2) is 0 Å². The van der Waals surface area contributed by atoms with Crippen LogP contribution in [-0.4, -0.2) is 67.6 Å². The van der Waals surface area contributed by atoms with Gasteiger partial charge in [0.2, 0.25) is 0 Å². The Hall–Kier alpha value is -3.18. The molecule has 1 rings (SSSR count). The van der Waals surface area contributed by atoms with Crippen LogP contribution in [0.5, 0.6) is 0 Å². The van der Waals surface area contributed by atoms with Crippen LogP contribution in [0.25, 0.3) is 0 Å². The number of esters is 3. The molecule has 1 heterocycles. The molecule has 0 aromatic rings. The molecule has 11 nitrogen and oxygen atoms in total. The molecule has 27 heavy (non-hydrogen) atoms. The van der Waals surface area contributed by atoms with Gasteiger partial charge in [-0.1, -0.05) is 6.58 Å². The highest BCUT2D eigenvalue weighted by atomic mass is 16.6. The molecule has 0 aliphatic carbocycles. The van der Waals surface area contributed by atoms with E-state index in [1.165, 1.54) is 6.20 Å². The number of carbonyl (C=O) groups is 4. The average Bonchev–Trinajstić information content (AvgIpc) is 2.66. The summed E-state index contributed by atoms with van der Waals surface area (Å²) in [5.41, 5.74) is -1.88. The van der Waals surface area contributed by atoms with Crippen molar-refractivity contribution >= 4 is 23.8 Å². The Morgan fingerprint density at radius 1 is 1.19 bits per heavy atom. The van der Waals surface area contributed by atoms with E-state index in [9.17, 15) is 29.4 Å². The lowest BCUT2D eigenvalue weighted by Crippen LogP contribution is -2.45. The maximum absolute atomic E-state index is 12.2. The van der Waals surface area contributed by atoms with Crippen molar-refractivity contribution in [1.82, 2.24) is 10.6 Å². The van der Waals surface area contributed by atoms with Crippen molar-refractivity contribution < 1.29 is 43.6 Å². The fourth-order valence-corrected chi connectivity index (χ4v) is 1.69. The SMILES string of the molecule is C=C1NC=C(COC(=O)C(CO)(CO)COC(=O)/C=C/C(=O)OC)C(=O)N1. The minimum Gasteiger partial charge on any atom is -0.466 e. The minimum absolute atomic E-state index is 0.0681. The molecular weight excluding hydrogens is 364 g/mol. The number of ether oxygens (including phenoxy) is 3. The van der Waals surface area contributed by atoms with Crippen LogP contribution in [0.1, 0.15) is 0 Å². The fraction of sp³-hybridized carbons (Fsp3) is 0.375. The maximum atomic E-state index is 12.2. The van der Waals surface area contributed by atoms with Crippen molar-refractivity contribution in [3.63, 3.8) is 0 Å². The van der Waals surface area contributed by atoms with Gasteiger partial charge in [0.25, 0.3) is 5.91 Å². The van der Waals surface area contributed by atoms with Gasteiger partial charge in [0.05, 0.1) is 25.9 Å². The molecule has 1 aliphatic rings. The third kappa shape index (κ3) is 6.24. The normalized spacial score (nSPS) is 14.1. The molecule has 148 valence electrons. The molecule has 0 aromatic heterocycles. The first-order valence-electron chi connectivity index (χ1n) is 7.55. The molecule has 11 heteroatoms. The van der Waals surface area contributed by atoms with Crippen LogP contribution in [0, 0.1) is 5.41 Å². The second kappa shape index (κ2) is 10.1.